The molecule has 198 valence electrons. The van der Waals surface area contributed by atoms with Crippen LogP contribution in [0, 0.1) is 6.92 Å². The van der Waals surface area contributed by atoms with Crippen molar-refractivity contribution < 1.29 is 22.7 Å². The average Bonchev–Trinajstić information content (AvgIpc) is 2.86. The van der Waals surface area contributed by atoms with Gasteiger partial charge in [-0.05, 0) is 54.7 Å². The van der Waals surface area contributed by atoms with Crippen molar-refractivity contribution in [3.8, 4) is 11.5 Å². The van der Waals surface area contributed by atoms with Crippen molar-refractivity contribution in [1.82, 2.24) is 5.32 Å². The smallest absolute Gasteiger partial charge is 0.264 e. The minimum Gasteiger partial charge on any atom is -0.497 e. The molecule has 0 saturated heterocycles. The van der Waals surface area contributed by atoms with Gasteiger partial charge in [0.1, 0.15) is 18.0 Å². The van der Waals surface area contributed by atoms with E-state index in [1.54, 1.807) is 30.3 Å². The standard InChI is InChI=1S/C29H36N2O5S/c1-20-8-15-25(16-9-20)37(33,34)31(26-18-24(35-6)14-17-27(26)36-7)19-28(32)30-21(2)22-10-12-23(13-11-22)29(3,4)5/h8-18,21H,19H2,1-7H3,(H,30,32)/t21-/m1/s1. The number of nitrogens with one attached hydrogen (secondary N) is 1. The average molecular weight is 525 g/mol. The number of rotatable bonds is 9. The lowest BCUT2D eigenvalue weighted by molar-refractivity contribution is -0.120. The maximum absolute atomic E-state index is 13.8. The molecule has 1 N–H and O–H groups in total. The van der Waals surface area contributed by atoms with Crippen LogP contribution in [0.25, 0.3) is 0 Å². The van der Waals surface area contributed by atoms with Crippen molar-refractivity contribution in [2.24, 2.45) is 0 Å². The quantitative estimate of drug-likeness (QED) is 0.406. The first kappa shape index (κ1) is 28.1. The van der Waals surface area contributed by atoms with Crippen LogP contribution in [0.1, 0.15) is 50.4 Å². The Morgan fingerprint density at radius 3 is 2.11 bits per heavy atom. The predicted molar refractivity (Wildman–Crippen MR) is 147 cm³/mol. The molecule has 3 rings (SSSR count). The molecule has 0 bridgehead atoms. The number of benzene rings is 3. The van der Waals surface area contributed by atoms with Gasteiger partial charge in [0, 0.05) is 6.07 Å². The van der Waals surface area contributed by atoms with Gasteiger partial charge in [-0.3, -0.25) is 9.10 Å². The van der Waals surface area contributed by atoms with E-state index in [1.807, 2.05) is 38.1 Å². The number of hydrogen-bond donors (Lipinski definition) is 1. The summed E-state index contributed by atoms with van der Waals surface area (Å²) in [5.74, 6) is 0.288. The van der Waals surface area contributed by atoms with Crippen LogP contribution >= 0.6 is 0 Å². The van der Waals surface area contributed by atoms with Crippen LogP contribution in [0.5, 0.6) is 11.5 Å². The van der Waals surface area contributed by atoms with Crippen LogP contribution in [-0.2, 0) is 20.2 Å². The third-order valence-electron chi connectivity index (χ3n) is 6.21. The van der Waals surface area contributed by atoms with E-state index in [-0.39, 0.29) is 22.0 Å². The molecular formula is C29H36N2O5S. The summed E-state index contributed by atoms with van der Waals surface area (Å²) in [6, 6.07) is 19.1. The third-order valence-corrected chi connectivity index (χ3v) is 7.98. The summed E-state index contributed by atoms with van der Waals surface area (Å²) in [7, 11) is -1.17. The number of sulfonamides is 1. The highest BCUT2D eigenvalue weighted by Gasteiger charge is 2.30. The van der Waals surface area contributed by atoms with E-state index in [0.717, 1.165) is 15.4 Å². The molecular weight excluding hydrogens is 488 g/mol. The Bertz CT molecular complexity index is 1330. The second-order valence-electron chi connectivity index (χ2n) is 10.0. The highest BCUT2D eigenvalue weighted by Crippen LogP contribution is 2.35. The fourth-order valence-corrected chi connectivity index (χ4v) is 5.32. The van der Waals surface area contributed by atoms with Gasteiger partial charge in [-0.1, -0.05) is 62.7 Å². The lowest BCUT2D eigenvalue weighted by atomic mass is 9.86. The zero-order valence-electron chi connectivity index (χ0n) is 22.5. The Hall–Kier alpha value is -3.52. The summed E-state index contributed by atoms with van der Waals surface area (Å²) >= 11 is 0. The van der Waals surface area contributed by atoms with Crippen molar-refractivity contribution in [1.29, 1.82) is 0 Å². The van der Waals surface area contributed by atoms with E-state index in [9.17, 15) is 13.2 Å². The summed E-state index contributed by atoms with van der Waals surface area (Å²) in [6.45, 7) is 9.73. The number of carbonyl (C=O) groups is 1. The lowest BCUT2D eigenvalue weighted by Crippen LogP contribution is -2.41. The SMILES string of the molecule is COc1ccc(OC)c(N(CC(=O)N[C@H](C)c2ccc(C(C)(C)C)cc2)S(=O)(=O)c2ccc(C)cc2)c1. The summed E-state index contributed by atoms with van der Waals surface area (Å²) in [5.41, 5.74) is 3.27. The van der Waals surface area contributed by atoms with E-state index >= 15 is 0 Å². The minimum absolute atomic E-state index is 0.0195. The van der Waals surface area contributed by atoms with Crippen molar-refractivity contribution in [3.05, 3.63) is 83.4 Å². The second-order valence-corrected chi connectivity index (χ2v) is 11.9. The fourth-order valence-electron chi connectivity index (χ4n) is 3.90. The van der Waals surface area contributed by atoms with E-state index in [4.69, 9.17) is 9.47 Å². The van der Waals surface area contributed by atoms with Crippen LogP contribution in [0.2, 0.25) is 0 Å². The predicted octanol–water partition coefficient (Wildman–Crippen LogP) is 5.38. The summed E-state index contributed by atoms with van der Waals surface area (Å²) in [6.07, 6.45) is 0. The molecule has 7 nitrogen and oxygen atoms in total. The van der Waals surface area contributed by atoms with Gasteiger partial charge < -0.3 is 14.8 Å². The second kappa shape index (κ2) is 11.3. The Morgan fingerprint density at radius 2 is 1.57 bits per heavy atom. The zero-order chi connectivity index (χ0) is 27.4. The maximum Gasteiger partial charge on any atom is 0.264 e. The molecule has 0 spiro atoms. The van der Waals surface area contributed by atoms with Gasteiger partial charge in [0.25, 0.3) is 10.0 Å². The molecule has 1 atom stereocenters. The van der Waals surface area contributed by atoms with Gasteiger partial charge in [-0.15, -0.1) is 0 Å². The largest absolute Gasteiger partial charge is 0.497 e. The molecule has 0 aromatic heterocycles. The highest BCUT2D eigenvalue weighted by atomic mass is 32.2. The normalized spacial score (nSPS) is 12.5. The van der Waals surface area contributed by atoms with Crippen molar-refractivity contribution >= 4 is 21.6 Å². The lowest BCUT2D eigenvalue weighted by Gasteiger charge is -2.27. The molecule has 0 radical (unpaired) electrons. The number of carbonyl (C=O) groups excluding carboxylic acids is 1. The van der Waals surface area contributed by atoms with E-state index in [2.05, 4.69) is 26.1 Å². The monoisotopic (exact) mass is 524 g/mol. The number of anilines is 1. The Balaban J connectivity index is 1.94. The maximum atomic E-state index is 13.8. The molecule has 1 amide bonds. The summed E-state index contributed by atoms with van der Waals surface area (Å²) in [5, 5.41) is 2.94. The number of ether oxygens (including phenoxy) is 2. The summed E-state index contributed by atoms with van der Waals surface area (Å²) in [4.78, 5) is 13.3. The van der Waals surface area contributed by atoms with Crippen LogP contribution < -0.4 is 19.1 Å². The van der Waals surface area contributed by atoms with E-state index < -0.39 is 22.5 Å². The van der Waals surface area contributed by atoms with Crippen LogP contribution in [0.4, 0.5) is 5.69 Å². The van der Waals surface area contributed by atoms with Crippen molar-refractivity contribution in [3.63, 3.8) is 0 Å². The van der Waals surface area contributed by atoms with Crippen LogP contribution in [0.15, 0.2) is 71.6 Å². The van der Waals surface area contributed by atoms with Crippen molar-refractivity contribution in [2.75, 3.05) is 25.1 Å². The van der Waals surface area contributed by atoms with Gasteiger partial charge in [0.15, 0.2) is 0 Å². The molecule has 0 fully saturated rings. The molecule has 0 aliphatic carbocycles. The number of hydrogen-bond acceptors (Lipinski definition) is 5. The van der Waals surface area contributed by atoms with Crippen LogP contribution in [-0.4, -0.2) is 35.1 Å². The Labute approximate surface area is 220 Å². The molecule has 8 heteroatoms. The molecule has 0 heterocycles. The first-order chi connectivity index (χ1) is 17.4. The molecule has 0 aliphatic rings. The molecule has 37 heavy (non-hydrogen) atoms. The minimum atomic E-state index is -4.11. The van der Waals surface area contributed by atoms with Gasteiger partial charge >= 0.3 is 0 Å². The number of methoxy groups -OCH3 is 2. The molecule has 0 aliphatic heterocycles. The third kappa shape index (κ3) is 6.63. The van der Waals surface area contributed by atoms with Gasteiger partial charge in [0.2, 0.25) is 5.91 Å². The molecule has 0 saturated carbocycles. The van der Waals surface area contributed by atoms with Crippen molar-refractivity contribution in [2.45, 2.75) is 51.0 Å². The first-order valence-corrected chi connectivity index (χ1v) is 13.5. The van der Waals surface area contributed by atoms with Gasteiger partial charge in [-0.25, -0.2) is 8.42 Å². The van der Waals surface area contributed by atoms with Gasteiger partial charge in [-0.2, -0.15) is 0 Å². The molecule has 0 unspecified atom stereocenters. The Morgan fingerprint density at radius 1 is 0.946 bits per heavy atom. The Kier molecular flexibility index (Phi) is 8.53. The van der Waals surface area contributed by atoms with Gasteiger partial charge in [0.05, 0.1) is 30.8 Å². The molecule has 3 aromatic rings. The van der Waals surface area contributed by atoms with Crippen LogP contribution in [0.3, 0.4) is 0 Å². The number of nitrogens with zero attached hydrogens (tertiary/aromatic N) is 1. The number of aryl methyl sites for hydroxylation is 1. The first-order valence-electron chi connectivity index (χ1n) is 12.1. The fraction of sp³-hybridized carbons (Fsp3) is 0.345. The van der Waals surface area contributed by atoms with E-state index in [1.165, 1.54) is 31.9 Å². The molecule has 3 aromatic carbocycles. The van der Waals surface area contributed by atoms with E-state index in [0.29, 0.717) is 11.5 Å². The topological polar surface area (TPSA) is 84.9 Å². The zero-order valence-corrected chi connectivity index (χ0v) is 23.3. The summed E-state index contributed by atoms with van der Waals surface area (Å²) < 4.78 is 39.4. The number of amides is 1. The highest BCUT2D eigenvalue weighted by molar-refractivity contribution is 7.92.